The van der Waals surface area contributed by atoms with Crippen LogP contribution in [-0.2, 0) is 23.0 Å². The average molecular weight is 423 g/mol. The average Bonchev–Trinajstić information content (AvgIpc) is 3.32. The molecule has 0 unspecified atom stereocenters. The third-order valence-corrected chi connectivity index (χ3v) is 7.02. The van der Waals surface area contributed by atoms with Crippen LogP contribution >= 0.6 is 0 Å². The highest BCUT2D eigenvalue weighted by Gasteiger charge is 2.34. The molecular formula is C18H26N6O4S. The smallest absolute Gasteiger partial charge is 0.272 e. The van der Waals surface area contributed by atoms with Crippen molar-refractivity contribution in [3.8, 4) is 0 Å². The van der Waals surface area contributed by atoms with E-state index in [9.17, 15) is 13.2 Å². The number of hydrogen-bond acceptors (Lipinski definition) is 7. The fourth-order valence-electron chi connectivity index (χ4n) is 4.00. The zero-order valence-corrected chi connectivity index (χ0v) is 17.5. The van der Waals surface area contributed by atoms with E-state index in [4.69, 9.17) is 4.52 Å². The van der Waals surface area contributed by atoms with Gasteiger partial charge in [0.15, 0.2) is 5.82 Å². The Balaban J connectivity index is 1.27. The van der Waals surface area contributed by atoms with Crippen LogP contribution in [0.3, 0.4) is 0 Å². The molecule has 4 rings (SSSR count). The maximum atomic E-state index is 12.5. The standard InChI is InChI=1S/C18H26N6O4S/c1-3-24-15(4-7-19-24)18(25)22-11-13(12-22)10-16-20-17(21-28-16)14-5-8-23(9-6-14)29(2,26)27/h4,7,13-14H,3,5-6,8-12H2,1-2H3. The van der Waals surface area contributed by atoms with E-state index in [0.717, 1.165) is 0 Å². The van der Waals surface area contributed by atoms with Gasteiger partial charge in [-0.25, -0.2) is 12.7 Å². The first kappa shape index (κ1) is 20.0. The third-order valence-electron chi connectivity index (χ3n) is 5.71. The van der Waals surface area contributed by atoms with E-state index in [1.54, 1.807) is 16.9 Å². The van der Waals surface area contributed by atoms with Crippen LogP contribution in [0, 0.1) is 5.92 Å². The van der Waals surface area contributed by atoms with Crippen molar-refractivity contribution in [2.75, 3.05) is 32.4 Å². The second kappa shape index (κ2) is 7.86. The van der Waals surface area contributed by atoms with Crippen molar-refractivity contribution < 1.29 is 17.7 Å². The molecule has 2 fully saturated rings. The summed E-state index contributed by atoms with van der Waals surface area (Å²) in [6.45, 7) is 4.93. The normalized spacial score (nSPS) is 19.4. The molecule has 10 nitrogen and oxygen atoms in total. The van der Waals surface area contributed by atoms with E-state index >= 15 is 0 Å². The van der Waals surface area contributed by atoms with E-state index in [1.807, 2.05) is 11.8 Å². The number of amides is 1. The molecule has 0 aromatic carbocycles. The summed E-state index contributed by atoms with van der Waals surface area (Å²) >= 11 is 0. The minimum Gasteiger partial charge on any atom is -0.339 e. The number of hydrogen-bond donors (Lipinski definition) is 0. The second-order valence-corrected chi connectivity index (χ2v) is 9.78. The van der Waals surface area contributed by atoms with Crippen LogP contribution in [0.5, 0.6) is 0 Å². The molecule has 0 atom stereocenters. The Morgan fingerprint density at radius 3 is 2.66 bits per heavy atom. The molecule has 0 spiro atoms. The lowest BCUT2D eigenvalue weighted by Crippen LogP contribution is -2.51. The predicted molar refractivity (Wildman–Crippen MR) is 104 cm³/mol. The third kappa shape index (κ3) is 4.20. The number of carbonyl (C=O) groups is 1. The van der Waals surface area contributed by atoms with E-state index in [2.05, 4.69) is 15.2 Å². The second-order valence-electron chi connectivity index (χ2n) is 7.80. The van der Waals surface area contributed by atoms with Crippen LogP contribution in [0.25, 0.3) is 0 Å². The number of nitrogens with zero attached hydrogens (tertiary/aromatic N) is 6. The Labute approximate surface area is 169 Å². The van der Waals surface area contributed by atoms with Crippen LogP contribution in [-0.4, -0.2) is 75.9 Å². The van der Waals surface area contributed by atoms with E-state index in [1.165, 1.54) is 10.6 Å². The summed E-state index contributed by atoms with van der Waals surface area (Å²) in [6.07, 6.45) is 4.93. The molecule has 0 radical (unpaired) electrons. The van der Waals surface area contributed by atoms with Crippen LogP contribution in [0.1, 0.15) is 47.9 Å². The van der Waals surface area contributed by atoms with Crippen molar-refractivity contribution in [2.24, 2.45) is 5.92 Å². The number of sulfonamides is 1. The molecule has 2 saturated heterocycles. The number of rotatable bonds is 6. The van der Waals surface area contributed by atoms with Crippen LogP contribution < -0.4 is 0 Å². The van der Waals surface area contributed by atoms with Gasteiger partial charge in [0, 0.05) is 57.2 Å². The maximum Gasteiger partial charge on any atom is 0.272 e. The van der Waals surface area contributed by atoms with Crippen LogP contribution in [0.2, 0.25) is 0 Å². The lowest BCUT2D eigenvalue weighted by atomic mass is 9.95. The van der Waals surface area contributed by atoms with Crippen molar-refractivity contribution in [3.63, 3.8) is 0 Å². The van der Waals surface area contributed by atoms with Crippen LogP contribution in [0.4, 0.5) is 0 Å². The van der Waals surface area contributed by atoms with Gasteiger partial charge in [0.05, 0.1) is 6.26 Å². The highest BCUT2D eigenvalue weighted by atomic mass is 32.2. The fourth-order valence-corrected chi connectivity index (χ4v) is 4.88. The molecule has 0 saturated carbocycles. The molecule has 158 valence electrons. The Morgan fingerprint density at radius 1 is 1.28 bits per heavy atom. The lowest BCUT2D eigenvalue weighted by Gasteiger charge is -2.38. The van der Waals surface area contributed by atoms with Gasteiger partial charge in [-0.1, -0.05) is 5.16 Å². The summed E-state index contributed by atoms with van der Waals surface area (Å²) < 4.78 is 31.9. The molecule has 2 aromatic rings. The summed E-state index contributed by atoms with van der Waals surface area (Å²) in [7, 11) is -3.14. The summed E-state index contributed by atoms with van der Waals surface area (Å²) in [5, 5.41) is 8.26. The molecule has 0 N–H and O–H groups in total. The first-order chi connectivity index (χ1) is 13.8. The van der Waals surface area contributed by atoms with Crippen molar-refractivity contribution in [3.05, 3.63) is 29.7 Å². The maximum absolute atomic E-state index is 12.5. The predicted octanol–water partition coefficient (Wildman–Crippen LogP) is 0.740. The van der Waals surface area contributed by atoms with Gasteiger partial charge in [0.2, 0.25) is 15.9 Å². The first-order valence-corrected chi connectivity index (χ1v) is 11.8. The highest BCUT2D eigenvalue weighted by molar-refractivity contribution is 7.88. The van der Waals surface area contributed by atoms with Gasteiger partial charge in [-0.15, -0.1) is 0 Å². The number of aryl methyl sites for hydroxylation is 1. The van der Waals surface area contributed by atoms with Gasteiger partial charge in [-0.2, -0.15) is 10.1 Å². The van der Waals surface area contributed by atoms with Crippen molar-refractivity contribution >= 4 is 15.9 Å². The van der Waals surface area contributed by atoms with Crippen molar-refractivity contribution in [2.45, 2.75) is 38.6 Å². The SMILES string of the molecule is CCn1nccc1C(=O)N1CC(Cc2nc(C3CCN(S(C)(=O)=O)CC3)no2)C1. The summed E-state index contributed by atoms with van der Waals surface area (Å²) in [4.78, 5) is 18.9. The van der Waals surface area contributed by atoms with E-state index < -0.39 is 10.0 Å². The monoisotopic (exact) mass is 422 g/mol. The Morgan fingerprint density at radius 2 is 2.00 bits per heavy atom. The molecule has 29 heavy (non-hydrogen) atoms. The summed E-state index contributed by atoms with van der Waals surface area (Å²) in [5.41, 5.74) is 0.617. The summed E-state index contributed by atoms with van der Waals surface area (Å²) in [6, 6.07) is 1.75. The number of aromatic nitrogens is 4. The van der Waals surface area contributed by atoms with Crippen molar-refractivity contribution in [1.82, 2.24) is 29.1 Å². The van der Waals surface area contributed by atoms with Gasteiger partial charge >= 0.3 is 0 Å². The minimum atomic E-state index is -3.14. The van der Waals surface area contributed by atoms with Gasteiger partial charge in [-0.05, 0) is 25.8 Å². The molecule has 0 bridgehead atoms. The molecule has 1 amide bonds. The molecular weight excluding hydrogens is 396 g/mol. The molecule has 2 aliphatic rings. The van der Waals surface area contributed by atoms with Gasteiger partial charge in [0.1, 0.15) is 5.69 Å². The van der Waals surface area contributed by atoms with E-state index in [0.29, 0.717) is 75.3 Å². The first-order valence-electron chi connectivity index (χ1n) is 9.93. The number of carbonyl (C=O) groups excluding carboxylic acids is 1. The van der Waals surface area contributed by atoms with Gasteiger partial charge < -0.3 is 9.42 Å². The zero-order valence-electron chi connectivity index (χ0n) is 16.7. The molecule has 4 heterocycles. The Kier molecular flexibility index (Phi) is 5.43. The van der Waals surface area contributed by atoms with Gasteiger partial charge in [0.25, 0.3) is 5.91 Å². The van der Waals surface area contributed by atoms with Crippen molar-refractivity contribution in [1.29, 1.82) is 0 Å². The van der Waals surface area contributed by atoms with E-state index in [-0.39, 0.29) is 11.8 Å². The van der Waals surface area contributed by atoms with Crippen LogP contribution in [0.15, 0.2) is 16.8 Å². The van der Waals surface area contributed by atoms with Gasteiger partial charge in [-0.3, -0.25) is 9.48 Å². The molecule has 11 heteroatoms. The number of likely N-dealkylation sites (tertiary alicyclic amines) is 1. The minimum absolute atomic E-state index is 0.00412. The molecule has 0 aliphatic carbocycles. The topological polar surface area (TPSA) is 114 Å². The Hall–Kier alpha value is -2.27. The quantitative estimate of drug-likeness (QED) is 0.674. The molecule has 2 aliphatic heterocycles. The highest BCUT2D eigenvalue weighted by Crippen LogP contribution is 2.28. The summed E-state index contributed by atoms with van der Waals surface area (Å²) in [5.74, 6) is 1.68. The number of piperidine rings is 1. The molecule has 2 aromatic heterocycles. The fraction of sp³-hybridized carbons (Fsp3) is 0.667. The largest absolute Gasteiger partial charge is 0.339 e. The Bertz CT molecular complexity index is 970. The zero-order chi connectivity index (χ0) is 20.6. The lowest BCUT2D eigenvalue weighted by molar-refractivity contribution is 0.0474.